The number of alkyl halides is 3. The van der Waals surface area contributed by atoms with E-state index < -0.39 is 50.7 Å². The molecule has 0 bridgehead atoms. The van der Waals surface area contributed by atoms with Crippen LogP contribution in [-0.2, 0) is 10.0 Å². The van der Waals surface area contributed by atoms with Crippen molar-refractivity contribution >= 4 is 33.4 Å². The van der Waals surface area contributed by atoms with Gasteiger partial charge in [0.05, 0.1) is 22.9 Å². The summed E-state index contributed by atoms with van der Waals surface area (Å²) in [6.07, 6.45) is -3.43. The summed E-state index contributed by atoms with van der Waals surface area (Å²) < 4.78 is 80.2. The number of thioether (sulfide) groups is 1. The minimum atomic E-state index is -4.91. The van der Waals surface area contributed by atoms with Crippen molar-refractivity contribution in [3.8, 4) is 0 Å². The molecule has 2 N–H and O–H groups in total. The maximum Gasteiger partial charge on any atom is 0.397 e. The second-order valence-electron chi connectivity index (χ2n) is 5.82. The summed E-state index contributed by atoms with van der Waals surface area (Å²) in [5, 5.41) is 9.45. The fourth-order valence-corrected chi connectivity index (χ4v) is 6.02. The highest BCUT2D eigenvalue weighted by molar-refractivity contribution is 8.16. The SMILES string of the molecule is Cc1cc(F)cc([C@H]([C@@H](CO)NS(=O)(=O)C2CC=C(Cl)S2)C(F)(F)F)c1. The van der Waals surface area contributed by atoms with Gasteiger partial charge in [-0.15, -0.1) is 0 Å². The number of hydrogen-bond donors (Lipinski definition) is 2. The Bertz CT molecular complexity index is 778. The summed E-state index contributed by atoms with van der Waals surface area (Å²) >= 11 is 6.51. The van der Waals surface area contributed by atoms with Gasteiger partial charge in [0.25, 0.3) is 0 Å². The summed E-state index contributed by atoms with van der Waals surface area (Å²) in [7, 11) is -4.22. The van der Waals surface area contributed by atoms with Gasteiger partial charge in [-0.2, -0.15) is 13.2 Å². The molecule has 1 aromatic carbocycles. The Morgan fingerprint density at radius 1 is 1.38 bits per heavy atom. The molecule has 3 atom stereocenters. The molecule has 0 amide bonds. The summed E-state index contributed by atoms with van der Waals surface area (Å²) in [4.78, 5) is 0. The number of aliphatic hydroxyl groups is 1. The first-order valence-electron chi connectivity index (χ1n) is 7.42. The molecule has 0 radical (unpaired) electrons. The van der Waals surface area contributed by atoms with Crippen molar-refractivity contribution in [2.24, 2.45) is 0 Å². The van der Waals surface area contributed by atoms with Crippen LogP contribution in [0.2, 0.25) is 0 Å². The largest absolute Gasteiger partial charge is 0.397 e. The molecule has 1 unspecified atom stereocenters. The number of nitrogens with one attached hydrogen (secondary N) is 1. The van der Waals surface area contributed by atoms with Crippen molar-refractivity contribution in [1.29, 1.82) is 0 Å². The number of halogens is 5. The van der Waals surface area contributed by atoms with Gasteiger partial charge in [-0.05, 0) is 36.6 Å². The van der Waals surface area contributed by atoms with Crippen LogP contribution >= 0.6 is 23.4 Å². The summed E-state index contributed by atoms with van der Waals surface area (Å²) in [6, 6.07) is 0.949. The number of allylic oxidation sites excluding steroid dienone is 1. The lowest BCUT2D eigenvalue weighted by Gasteiger charge is -2.29. The Labute approximate surface area is 157 Å². The van der Waals surface area contributed by atoms with Crippen LogP contribution in [0, 0.1) is 12.7 Å². The minimum absolute atomic E-state index is 0.0345. The fourth-order valence-electron chi connectivity index (χ4n) is 2.69. The molecule has 1 heterocycles. The molecule has 2 rings (SSSR count). The quantitative estimate of drug-likeness (QED) is 0.673. The molecule has 1 aliphatic heterocycles. The second kappa shape index (κ2) is 8.05. The molecule has 0 saturated carbocycles. The zero-order chi connectivity index (χ0) is 19.7. The number of benzene rings is 1. The topological polar surface area (TPSA) is 66.4 Å². The third-order valence-electron chi connectivity index (χ3n) is 3.75. The molecule has 26 heavy (non-hydrogen) atoms. The Morgan fingerprint density at radius 2 is 2.04 bits per heavy atom. The Kier molecular flexibility index (Phi) is 6.66. The third-order valence-corrected chi connectivity index (χ3v) is 7.59. The minimum Gasteiger partial charge on any atom is -0.395 e. The highest BCUT2D eigenvalue weighted by Gasteiger charge is 2.47. The van der Waals surface area contributed by atoms with E-state index in [1.54, 1.807) is 0 Å². The Balaban J connectivity index is 2.36. The molecule has 0 aliphatic carbocycles. The average Bonchev–Trinajstić information content (AvgIpc) is 2.91. The molecular weight excluding hydrogens is 418 g/mol. The lowest BCUT2D eigenvalue weighted by Crippen LogP contribution is -2.48. The standard InChI is InChI=1S/C15H16ClF4NO3S2/c1-8-4-9(6-10(17)5-8)14(15(18,19)20)11(7-22)21-26(23,24)13-3-2-12(16)25-13/h2,4-6,11,13-14,21-22H,3,7H2,1H3/t11-,13?,14-/m1/s1. The summed E-state index contributed by atoms with van der Waals surface area (Å²) in [6.45, 7) is 0.304. The number of aryl methyl sites for hydroxylation is 1. The lowest BCUT2D eigenvalue weighted by atomic mass is 9.90. The number of rotatable bonds is 6. The van der Waals surface area contributed by atoms with Gasteiger partial charge in [0.1, 0.15) is 10.4 Å². The molecule has 0 spiro atoms. The fraction of sp³-hybridized carbons (Fsp3) is 0.467. The zero-order valence-electron chi connectivity index (χ0n) is 13.4. The van der Waals surface area contributed by atoms with Crippen molar-refractivity contribution in [2.45, 2.75) is 36.1 Å². The van der Waals surface area contributed by atoms with E-state index in [1.807, 2.05) is 4.72 Å². The van der Waals surface area contributed by atoms with E-state index in [0.717, 1.165) is 23.9 Å². The number of aliphatic hydroxyl groups excluding tert-OH is 1. The molecule has 4 nitrogen and oxygen atoms in total. The predicted octanol–water partition coefficient (Wildman–Crippen LogP) is 3.60. The van der Waals surface area contributed by atoms with E-state index in [4.69, 9.17) is 11.6 Å². The van der Waals surface area contributed by atoms with Crippen LogP contribution in [0.3, 0.4) is 0 Å². The van der Waals surface area contributed by atoms with Gasteiger partial charge >= 0.3 is 6.18 Å². The molecule has 0 aromatic heterocycles. The maximum absolute atomic E-state index is 13.6. The van der Waals surface area contributed by atoms with Crippen molar-refractivity contribution in [1.82, 2.24) is 4.72 Å². The summed E-state index contributed by atoms with van der Waals surface area (Å²) in [5.41, 5.74) is -0.219. The molecular formula is C15H16ClF4NO3S2. The summed E-state index contributed by atoms with van der Waals surface area (Å²) in [5.74, 6) is -3.29. The molecule has 0 fully saturated rings. The van der Waals surface area contributed by atoms with E-state index in [-0.39, 0.29) is 16.3 Å². The van der Waals surface area contributed by atoms with E-state index in [2.05, 4.69) is 0 Å². The van der Waals surface area contributed by atoms with Gasteiger partial charge in [-0.3, -0.25) is 0 Å². The van der Waals surface area contributed by atoms with Crippen molar-refractivity contribution in [3.05, 3.63) is 45.6 Å². The second-order valence-corrected chi connectivity index (χ2v) is 9.89. The molecule has 146 valence electrons. The van der Waals surface area contributed by atoms with E-state index >= 15 is 0 Å². The van der Waals surface area contributed by atoms with Crippen LogP contribution in [0.4, 0.5) is 17.6 Å². The van der Waals surface area contributed by atoms with Gasteiger partial charge in [-0.25, -0.2) is 17.5 Å². The highest BCUT2D eigenvalue weighted by atomic mass is 35.5. The first-order valence-corrected chi connectivity index (χ1v) is 10.2. The van der Waals surface area contributed by atoms with Crippen LogP contribution in [0.1, 0.15) is 23.5 Å². The smallest absolute Gasteiger partial charge is 0.395 e. The molecule has 1 aromatic rings. The molecule has 11 heteroatoms. The zero-order valence-corrected chi connectivity index (χ0v) is 15.8. The van der Waals surface area contributed by atoms with Crippen LogP contribution in [-0.4, -0.2) is 36.9 Å². The van der Waals surface area contributed by atoms with E-state index in [0.29, 0.717) is 6.07 Å². The monoisotopic (exact) mass is 433 g/mol. The van der Waals surface area contributed by atoms with Gasteiger partial charge in [0.15, 0.2) is 0 Å². The number of sulfonamides is 1. The Hall–Kier alpha value is -0.810. The van der Waals surface area contributed by atoms with Crippen molar-refractivity contribution in [2.75, 3.05) is 6.61 Å². The van der Waals surface area contributed by atoms with Gasteiger partial charge < -0.3 is 5.11 Å². The van der Waals surface area contributed by atoms with Gasteiger partial charge in [0.2, 0.25) is 10.0 Å². The lowest BCUT2D eigenvalue weighted by molar-refractivity contribution is -0.158. The van der Waals surface area contributed by atoms with Gasteiger partial charge in [0, 0.05) is 0 Å². The van der Waals surface area contributed by atoms with Crippen LogP contribution in [0.5, 0.6) is 0 Å². The number of hydrogen-bond acceptors (Lipinski definition) is 4. The van der Waals surface area contributed by atoms with Crippen LogP contribution in [0.15, 0.2) is 28.6 Å². The maximum atomic E-state index is 13.6. The normalized spacial score (nSPS) is 20.7. The van der Waals surface area contributed by atoms with E-state index in [1.165, 1.54) is 13.0 Å². The average molecular weight is 434 g/mol. The van der Waals surface area contributed by atoms with Crippen molar-refractivity contribution in [3.63, 3.8) is 0 Å². The van der Waals surface area contributed by atoms with Crippen LogP contribution in [0.25, 0.3) is 0 Å². The third kappa shape index (κ3) is 5.13. The Morgan fingerprint density at radius 3 is 2.50 bits per heavy atom. The first kappa shape index (κ1) is 21.5. The van der Waals surface area contributed by atoms with Crippen molar-refractivity contribution < 1.29 is 31.1 Å². The molecule has 1 aliphatic rings. The first-order chi connectivity index (χ1) is 11.9. The predicted molar refractivity (Wildman–Crippen MR) is 92.8 cm³/mol. The highest BCUT2D eigenvalue weighted by Crippen LogP contribution is 2.40. The van der Waals surface area contributed by atoms with Gasteiger partial charge in [-0.1, -0.05) is 35.5 Å². The van der Waals surface area contributed by atoms with E-state index in [9.17, 15) is 31.1 Å². The molecule has 0 saturated heterocycles. The van der Waals surface area contributed by atoms with Crippen LogP contribution < -0.4 is 4.72 Å².